The predicted molar refractivity (Wildman–Crippen MR) is 168 cm³/mol. The first-order valence-electron chi connectivity index (χ1n) is 15.8. The molecule has 4 nitrogen and oxygen atoms in total. The first kappa shape index (κ1) is 29.8. The van der Waals surface area contributed by atoms with Crippen LogP contribution in [-0.2, 0) is 21.7 Å². The van der Waals surface area contributed by atoms with Gasteiger partial charge in [0.15, 0.2) is 16.6 Å². The monoisotopic (exact) mass is 570 g/mol. The van der Waals surface area contributed by atoms with Gasteiger partial charge in [-0.3, -0.25) is 5.10 Å². The second-order valence-electron chi connectivity index (χ2n) is 17.4. The maximum atomic E-state index is 7.72. The summed E-state index contributed by atoms with van der Waals surface area (Å²) in [6.07, 6.45) is 9.49. The molecule has 5 unspecified atom stereocenters. The van der Waals surface area contributed by atoms with Crippen molar-refractivity contribution in [2.75, 3.05) is 0 Å². The molecule has 4 aliphatic carbocycles. The quantitative estimate of drug-likeness (QED) is 0.290. The highest BCUT2D eigenvalue weighted by atomic mass is 28.4. The minimum atomic E-state index is -2.07. The highest BCUT2D eigenvalue weighted by Gasteiger charge is 2.66. The van der Waals surface area contributed by atoms with Gasteiger partial charge in [0.2, 0.25) is 0 Å². The average molecular weight is 571 g/mol. The summed E-state index contributed by atoms with van der Waals surface area (Å²) in [5.74, 6) is 2.22. The van der Waals surface area contributed by atoms with E-state index in [1.165, 1.54) is 42.5 Å². The zero-order chi connectivity index (χ0) is 29.0. The van der Waals surface area contributed by atoms with Crippen LogP contribution in [0.15, 0.2) is 18.3 Å². The molecule has 1 aromatic heterocycles. The number of nitrogens with one attached hydrogen (secondary N) is 1. The number of rotatable bonds is 4. The third-order valence-corrected chi connectivity index (χ3v) is 22.3. The van der Waals surface area contributed by atoms with Crippen molar-refractivity contribution in [2.45, 2.75) is 142 Å². The van der Waals surface area contributed by atoms with E-state index < -0.39 is 16.6 Å². The Morgan fingerprint density at radius 2 is 1.49 bits per heavy atom. The zero-order valence-corrected chi connectivity index (χ0v) is 29.3. The van der Waals surface area contributed by atoms with Gasteiger partial charge in [-0.25, -0.2) is 0 Å². The van der Waals surface area contributed by atoms with Gasteiger partial charge in [-0.2, -0.15) is 5.10 Å². The SMILES string of the molecule is C=C1CCC2C3C(O[Si](C)(C)C(C)(C)C)[C@H](O[Si](C)(C)C(C)(C)C)C4Cc5[nH]ncc5C[C@]4(C)C3CC[C@]12C. The molecule has 1 N–H and O–H groups in total. The topological polar surface area (TPSA) is 47.1 Å². The highest BCUT2D eigenvalue weighted by Crippen LogP contribution is 2.68. The highest BCUT2D eigenvalue weighted by molar-refractivity contribution is 6.74. The number of hydrogen-bond donors (Lipinski definition) is 1. The molecule has 1 aromatic rings. The minimum Gasteiger partial charge on any atom is -0.411 e. The maximum Gasteiger partial charge on any atom is 0.192 e. The van der Waals surface area contributed by atoms with E-state index in [-0.39, 0.29) is 33.1 Å². The summed E-state index contributed by atoms with van der Waals surface area (Å²) in [5.41, 5.74) is 4.68. The summed E-state index contributed by atoms with van der Waals surface area (Å²) >= 11 is 0. The Kier molecular flexibility index (Phi) is 6.99. The molecule has 220 valence electrons. The summed E-state index contributed by atoms with van der Waals surface area (Å²) < 4.78 is 15.4. The minimum absolute atomic E-state index is 0.110. The number of allylic oxidation sites excluding steroid dienone is 1. The molecule has 0 aliphatic heterocycles. The molecular formula is C33H58N2O2Si2. The number of aromatic nitrogens is 2. The van der Waals surface area contributed by atoms with Crippen LogP contribution in [0.1, 0.15) is 92.3 Å². The van der Waals surface area contributed by atoms with E-state index in [0.717, 1.165) is 12.8 Å². The molecule has 0 spiro atoms. The van der Waals surface area contributed by atoms with Crippen molar-refractivity contribution in [3.05, 3.63) is 29.6 Å². The fraction of sp³-hybridized carbons (Fsp3) is 0.848. The average Bonchev–Trinajstić information content (AvgIpc) is 3.36. The van der Waals surface area contributed by atoms with Gasteiger partial charge < -0.3 is 8.85 Å². The van der Waals surface area contributed by atoms with E-state index in [2.05, 4.69) is 105 Å². The van der Waals surface area contributed by atoms with Crippen LogP contribution in [-0.4, -0.2) is 39.0 Å². The van der Waals surface area contributed by atoms with Crippen molar-refractivity contribution in [1.82, 2.24) is 10.2 Å². The van der Waals surface area contributed by atoms with Crippen LogP contribution in [0.25, 0.3) is 0 Å². The first-order valence-corrected chi connectivity index (χ1v) is 21.6. The molecule has 0 amide bonds. The molecule has 1 heterocycles. The second-order valence-corrected chi connectivity index (χ2v) is 27.0. The van der Waals surface area contributed by atoms with E-state index in [9.17, 15) is 0 Å². The third kappa shape index (κ3) is 4.53. The number of fused-ring (bicyclic) bond motifs is 6. The summed E-state index contributed by atoms with van der Waals surface area (Å²) in [7, 11) is -4.13. The van der Waals surface area contributed by atoms with Crippen molar-refractivity contribution in [3.8, 4) is 0 Å². The van der Waals surface area contributed by atoms with Crippen LogP contribution in [0.4, 0.5) is 0 Å². The number of nitrogens with zero attached hydrogens (tertiary/aromatic N) is 1. The Labute approximate surface area is 241 Å². The van der Waals surface area contributed by atoms with Gasteiger partial charge >= 0.3 is 0 Å². The van der Waals surface area contributed by atoms with Gasteiger partial charge in [-0.05, 0) is 115 Å². The normalized spacial score (nSPS) is 39.1. The van der Waals surface area contributed by atoms with Gasteiger partial charge in [0.05, 0.1) is 18.4 Å². The van der Waals surface area contributed by atoms with Crippen LogP contribution < -0.4 is 0 Å². The fourth-order valence-electron chi connectivity index (χ4n) is 8.67. The van der Waals surface area contributed by atoms with E-state index in [0.29, 0.717) is 23.7 Å². The van der Waals surface area contributed by atoms with E-state index in [4.69, 9.17) is 8.85 Å². The Bertz CT molecular complexity index is 1110. The number of H-pyrrole nitrogens is 1. The second kappa shape index (κ2) is 9.15. The molecule has 0 radical (unpaired) electrons. The fourth-order valence-corrected chi connectivity index (χ4v) is 11.3. The van der Waals surface area contributed by atoms with Crippen LogP contribution in [0.3, 0.4) is 0 Å². The van der Waals surface area contributed by atoms with Gasteiger partial charge in [-0.1, -0.05) is 67.5 Å². The van der Waals surface area contributed by atoms with E-state index in [1.807, 2.05) is 0 Å². The number of hydrogen-bond acceptors (Lipinski definition) is 3. The van der Waals surface area contributed by atoms with E-state index >= 15 is 0 Å². The molecule has 39 heavy (non-hydrogen) atoms. The standard InChI is InChI=1S/C33H58N2O2Si2/c1-21-14-15-23-27-24(16-17-32(21,23)8)33(9)19-22-20-34-35-26(22)18-25(33)28(36-38(10,11)30(2,3)4)29(27)37-39(12,13)31(5,6)7/h20,23-25,27-29H,1,14-19H2,2-13H3,(H,34,35)/t23?,24?,25?,27?,28-,29?,32-,33-/m1/s1. The Morgan fingerprint density at radius 3 is 2.08 bits per heavy atom. The molecule has 5 rings (SSSR count). The number of aromatic amines is 1. The molecule has 6 heteroatoms. The van der Waals surface area contributed by atoms with Crippen molar-refractivity contribution >= 4 is 16.6 Å². The summed E-state index contributed by atoms with van der Waals surface area (Å²) in [6.45, 7) is 34.0. The molecule has 0 bridgehead atoms. The van der Waals surface area contributed by atoms with Crippen LogP contribution in [0, 0.1) is 34.5 Å². The molecule has 0 aromatic carbocycles. The Hall–Kier alpha value is -0.696. The van der Waals surface area contributed by atoms with E-state index in [1.54, 1.807) is 0 Å². The Balaban J connectivity index is 1.69. The maximum absolute atomic E-state index is 7.72. The molecule has 8 atom stereocenters. The lowest BCUT2D eigenvalue weighted by Gasteiger charge is -2.65. The molecule has 3 fully saturated rings. The molecule has 3 saturated carbocycles. The van der Waals surface area contributed by atoms with Gasteiger partial charge in [0.1, 0.15) is 0 Å². The lowest BCUT2D eigenvalue weighted by molar-refractivity contribution is -0.192. The summed E-state index contributed by atoms with van der Waals surface area (Å²) in [6, 6.07) is 0. The Morgan fingerprint density at radius 1 is 0.897 bits per heavy atom. The van der Waals surface area contributed by atoms with Gasteiger partial charge in [-0.15, -0.1) is 0 Å². The lowest BCUT2D eigenvalue weighted by Crippen LogP contribution is -2.68. The van der Waals surface area contributed by atoms with Crippen LogP contribution >= 0.6 is 0 Å². The largest absolute Gasteiger partial charge is 0.411 e. The molecule has 4 aliphatic rings. The molecule has 0 saturated heterocycles. The third-order valence-electron chi connectivity index (χ3n) is 13.4. The zero-order valence-electron chi connectivity index (χ0n) is 27.3. The van der Waals surface area contributed by atoms with Gasteiger partial charge in [0.25, 0.3) is 0 Å². The summed E-state index contributed by atoms with van der Waals surface area (Å²) in [5, 5.41) is 8.23. The van der Waals surface area contributed by atoms with Crippen LogP contribution in [0.2, 0.25) is 36.3 Å². The van der Waals surface area contributed by atoms with Crippen LogP contribution in [0.5, 0.6) is 0 Å². The predicted octanol–water partition coefficient (Wildman–Crippen LogP) is 8.92. The molecular weight excluding hydrogens is 513 g/mol. The van der Waals surface area contributed by atoms with Crippen molar-refractivity contribution in [2.24, 2.45) is 34.5 Å². The van der Waals surface area contributed by atoms with Crippen molar-refractivity contribution in [1.29, 1.82) is 0 Å². The van der Waals surface area contributed by atoms with Gasteiger partial charge in [0, 0.05) is 5.69 Å². The summed E-state index contributed by atoms with van der Waals surface area (Å²) in [4.78, 5) is 0. The lowest BCUT2D eigenvalue weighted by atomic mass is 9.44. The first-order chi connectivity index (χ1) is 17.7. The van der Waals surface area contributed by atoms with Crippen molar-refractivity contribution in [3.63, 3.8) is 0 Å². The smallest absolute Gasteiger partial charge is 0.192 e. The van der Waals surface area contributed by atoms with Crippen molar-refractivity contribution < 1.29 is 8.85 Å².